The van der Waals surface area contributed by atoms with Crippen LogP contribution >= 0.6 is 0 Å². The molecule has 0 aliphatic heterocycles. The molecule has 1 aliphatic carbocycles. The molecule has 1 fully saturated rings. The molecule has 1 aromatic heterocycles. The summed E-state index contributed by atoms with van der Waals surface area (Å²) >= 11 is 0. The molecule has 1 aliphatic rings. The maximum atomic E-state index is 12.4. The highest BCUT2D eigenvalue weighted by Crippen LogP contribution is 2.17. The first-order valence-electron chi connectivity index (χ1n) is 9.27. The van der Waals surface area contributed by atoms with Crippen molar-refractivity contribution in [3.8, 4) is 0 Å². The average molecular weight is 386 g/mol. The Kier molecular flexibility index (Phi) is 6.03. The van der Waals surface area contributed by atoms with Crippen LogP contribution in [0.25, 0.3) is 10.8 Å². The number of rotatable bonds is 5. The van der Waals surface area contributed by atoms with E-state index in [2.05, 4.69) is 15.7 Å². The number of ether oxygens (including phenoxy) is 1. The van der Waals surface area contributed by atoms with Gasteiger partial charge in [-0.2, -0.15) is 5.10 Å². The zero-order chi connectivity index (χ0) is 20.1. The van der Waals surface area contributed by atoms with Crippen molar-refractivity contribution in [3.63, 3.8) is 0 Å². The molecule has 148 valence electrons. The Hall–Kier alpha value is -3.23. The number of hydrogen-bond acceptors (Lipinski definition) is 6. The van der Waals surface area contributed by atoms with Crippen LogP contribution in [-0.2, 0) is 16.1 Å². The summed E-state index contributed by atoms with van der Waals surface area (Å²) < 4.78 is 6.16. The number of urea groups is 1. The quantitative estimate of drug-likeness (QED) is 0.749. The lowest BCUT2D eigenvalue weighted by molar-refractivity contribution is -0.123. The fourth-order valence-corrected chi connectivity index (χ4v) is 3.25. The molecule has 2 N–H and O–H groups in total. The van der Waals surface area contributed by atoms with Crippen LogP contribution < -0.4 is 16.2 Å². The van der Waals surface area contributed by atoms with E-state index < -0.39 is 24.5 Å². The molecule has 3 rings (SSSR count). The third-order valence-corrected chi connectivity index (χ3v) is 4.64. The van der Waals surface area contributed by atoms with E-state index in [1.165, 1.54) is 0 Å². The van der Waals surface area contributed by atoms with Crippen molar-refractivity contribution in [1.29, 1.82) is 0 Å². The molecule has 2 aromatic rings. The smallest absolute Gasteiger partial charge is 0.359 e. The lowest BCUT2D eigenvalue weighted by Crippen LogP contribution is -2.45. The van der Waals surface area contributed by atoms with Crippen LogP contribution in [0.3, 0.4) is 0 Å². The maximum absolute atomic E-state index is 12.4. The molecule has 0 saturated heterocycles. The SMILES string of the molecule is CCn1nc(C(=O)OCC(=O)NC(=O)NC2CCCC2)c2ccccc2c1=O. The van der Waals surface area contributed by atoms with Crippen LogP contribution in [0.15, 0.2) is 29.1 Å². The number of esters is 1. The minimum Gasteiger partial charge on any atom is -0.451 e. The number of carbonyl (C=O) groups is 3. The summed E-state index contributed by atoms with van der Waals surface area (Å²) in [6.07, 6.45) is 3.89. The van der Waals surface area contributed by atoms with E-state index in [9.17, 15) is 19.2 Å². The Morgan fingerprint density at radius 2 is 1.86 bits per heavy atom. The van der Waals surface area contributed by atoms with Crippen molar-refractivity contribution >= 4 is 28.7 Å². The maximum Gasteiger partial charge on any atom is 0.359 e. The first-order valence-corrected chi connectivity index (χ1v) is 9.27. The van der Waals surface area contributed by atoms with Gasteiger partial charge in [-0.3, -0.25) is 14.9 Å². The number of fused-ring (bicyclic) bond motifs is 1. The molecule has 0 atom stereocenters. The number of aromatic nitrogens is 2. The fraction of sp³-hybridized carbons (Fsp3) is 0.421. The minimum absolute atomic E-state index is 0.0553. The van der Waals surface area contributed by atoms with E-state index >= 15 is 0 Å². The van der Waals surface area contributed by atoms with Crippen molar-refractivity contribution in [2.75, 3.05) is 6.61 Å². The van der Waals surface area contributed by atoms with E-state index in [4.69, 9.17) is 4.74 Å². The van der Waals surface area contributed by atoms with Crippen molar-refractivity contribution in [2.24, 2.45) is 0 Å². The van der Waals surface area contributed by atoms with Gasteiger partial charge in [0.2, 0.25) is 0 Å². The Morgan fingerprint density at radius 1 is 1.18 bits per heavy atom. The molecule has 9 nitrogen and oxygen atoms in total. The molecule has 0 radical (unpaired) electrons. The summed E-state index contributed by atoms with van der Waals surface area (Å²) in [6.45, 7) is 1.39. The summed E-state index contributed by atoms with van der Waals surface area (Å²) in [5.41, 5.74) is -0.365. The van der Waals surface area contributed by atoms with Gasteiger partial charge in [0.05, 0.1) is 5.39 Å². The third-order valence-electron chi connectivity index (χ3n) is 4.64. The van der Waals surface area contributed by atoms with Crippen molar-refractivity contribution in [2.45, 2.75) is 45.2 Å². The van der Waals surface area contributed by atoms with Gasteiger partial charge < -0.3 is 10.1 Å². The van der Waals surface area contributed by atoms with Gasteiger partial charge in [0, 0.05) is 18.0 Å². The first-order chi connectivity index (χ1) is 13.5. The van der Waals surface area contributed by atoms with Gasteiger partial charge in [-0.15, -0.1) is 0 Å². The molecule has 0 spiro atoms. The molecule has 0 unspecified atom stereocenters. The zero-order valence-electron chi connectivity index (χ0n) is 15.6. The van der Waals surface area contributed by atoms with E-state index in [1.807, 2.05) is 0 Å². The number of nitrogens with zero attached hydrogens (tertiary/aromatic N) is 2. The lowest BCUT2D eigenvalue weighted by atomic mass is 10.1. The highest BCUT2D eigenvalue weighted by molar-refractivity contribution is 6.03. The second kappa shape index (κ2) is 8.64. The number of amides is 3. The van der Waals surface area contributed by atoms with Crippen molar-refractivity contribution in [3.05, 3.63) is 40.3 Å². The standard InChI is InChI=1S/C19H22N4O5/c1-2-23-17(25)14-10-6-5-9-13(14)16(22-23)18(26)28-11-15(24)21-19(27)20-12-7-3-4-8-12/h5-6,9-10,12H,2-4,7-8,11H2,1H3,(H2,20,21,24,27). The van der Waals surface area contributed by atoms with E-state index in [1.54, 1.807) is 31.2 Å². The largest absolute Gasteiger partial charge is 0.451 e. The van der Waals surface area contributed by atoms with E-state index in [0.29, 0.717) is 10.8 Å². The summed E-state index contributed by atoms with van der Waals surface area (Å²) in [6, 6.07) is 6.03. The number of hydrogen-bond donors (Lipinski definition) is 2. The molecule has 1 saturated carbocycles. The Morgan fingerprint density at radius 3 is 2.54 bits per heavy atom. The predicted octanol–water partition coefficient (Wildman–Crippen LogP) is 1.34. The Balaban J connectivity index is 1.64. The van der Waals surface area contributed by atoms with Crippen LogP contribution in [0.2, 0.25) is 0 Å². The van der Waals surface area contributed by atoms with Gasteiger partial charge >= 0.3 is 12.0 Å². The predicted molar refractivity (Wildman–Crippen MR) is 101 cm³/mol. The zero-order valence-corrected chi connectivity index (χ0v) is 15.6. The van der Waals surface area contributed by atoms with Crippen molar-refractivity contribution in [1.82, 2.24) is 20.4 Å². The summed E-state index contributed by atoms with van der Waals surface area (Å²) in [4.78, 5) is 48.4. The van der Waals surface area contributed by atoms with E-state index in [0.717, 1.165) is 30.4 Å². The number of carbonyl (C=O) groups excluding carboxylic acids is 3. The lowest BCUT2D eigenvalue weighted by Gasteiger charge is -2.12. The van der Waals surface area contributed by atoms with Gasteiger partial charge in [0.25, 0.3) is 11.5 Å². The van der Waals surface area contributed by atoms with Gasteiger partial charge in [-0.1, -0.05) is 31.0 Å². The van der Waals surface area contributed by atoms with E-state index in [-0.39, 0.29) is 23.8 Å². The molecule has 1 heterocycles. The average Bonchev–Trinajstić information content (AvgIpc) is 3.19. The summed E-state index contributed by atoms with van der Waals surface area (Å²) in [5, 5.41) is 9.59. The van der Waals surface area contributed by atoms with Gasteiger partial charge in [-0.25, -0.2) is 14.3 Å². The van der Waals surface area contributed by atoms with Crippen molar-refractivity contribution < 1.29 is 19.1 Å². The number of benzene rings is 1. The molecule has 28 heavy (non-hydrogen) atoms. The van der Waals surface area contributed by atoms with Crippen LogP contribution in [0.5, 0.6) is 0 Å². The number of imide groups is 1. The third kappa shape index (κ3) is 4.36. The topological polar surface area (TPSA) is 119 Å². The Labute approximate surface area is 161 Å². The molecular weight excluding hydrogens is 364 g/mol. The normalized spacial score (nSPS) is 14.0. The first kappa shape index (κ1) is 19.5. The molecule has 1 aromatic carbocycles. The van der Waals surface area contributed by atoms with Gasteiger partial charge in [0.1, 0.15) is 0 Å². The monoisotopic (exact) mass is 386 g/mol. The fourth-order valence-electron chi connectivity index (χ4n) is 3.25. The minimum atomic E-state index is -0.843. The second-order valence-corrected chi connectivity index (χ2v) is 6.59. The molecular formula is C19H22N4O5. The van der Waals surface area contributed by atoms with Crippen LogP contribution in [-0.4, -0.2) is 40.3 Å². The summed E-state index contributed by atoms with van der Waals surface area (Å²) in [5.74, 6) is -1.58. The van der Waals surface area contributed by atoms with Gasteiger partial charge in [-0.05, 0) is 25.8 Å². The highest BCUT2D eigenvalue weighted by atomic mass is 16.5. The summed E-state index contributed by atoms with van der Waals surface area (Å²) in [7, 11) is 0. The van der Waals surface area contributed by atoms with Crippen LogP contribution in [0.4, 0.5) is 4.79 Å². The second-order valence-electron chi connectivity index (χ2n) is 6.59. The molecule has 9 heteroatoms. The molecule has 3 amide bonds. The highest BCUT2D eigenvalue weighted by Gasteiger charge is 2.21. The van der Waals surface area contributed by atoms with Crippen LogP contribution in [0, 0.1) is 0 Å². The number of nitrogens with one attached hydrogen (secondary N) is 2. The van der Waals surface area contributed by atoms with Crippen LogP contribution in [0.1, 0.15) is 43.1 Å². The number of aryl methyl sites for hydroxylation is 1. The Bertz CT molecular complexity index is 962. The van der Waals surface area contributed by atoms with Gasteiger partial charge in [0.15, 0.2) is 12.3 Å². The molecule has 0 bridgehead atoms.